The Labute approximate surface area is 180 Å². The van der Waals surface area contributed by atoms with Crippen molar-refractivity contribution in [1.29, 1.82) is 0 Å². The van der Waals surface area contributed by atoms with Crippen molar-refractivity contribution in [1.82, 2.24) is 4.72 Å². The molecular formula is C21H18N2O6S2. The predicted molar refractivity (Wildman–Crippen MR) is 114 cm³/mol. The number of amides is 1. The first kappa shape index (κ1) is 20.9. The largest absolute Gasteiger partial charge is 0.485 e. The van der Waals surface area contributed by atoms with Crippen LogP contribution >= 0.6 is 0 Å². The van der Waals surface area contributed by atoms with Crippen molar-refractivity contribution in [2.45, 2.75) is 16.4 Å². The number of carbonyl (C=O) groups excluding carboxylic acids is 1. The summed E-state index contributed by atoms with van der Waals surface area (Å²) >= 11 is 0. The molecule has 0 atom stereocenters. The quantitative estimate of drug-likeness (QED) is 0.607. The molecule has 0 saturated carbocycles. The van der Waals surface area contributed by atoms with E-state index in [0.29, 0.717) is 0 Å². The molecule has 8 nitrogen and oxygen atoms in total. The predicted octanol–water partition coefficient (Wildman–Crippen LogP) is 2.28. The number of anilines is 1. The number of rotatable bonds is 6. The smallest absolute Gasteiger partial charge is 0.326 e. The van der Waals surface area contributed by atoms with E-state index in [2.05, 4.69) is 0 Å². The molecule has 0 aromatic heterocycles. The zero-order chi connectivity index (χ0) is 22.1. The van der Waals surface area contributed by atoms with Gasteiger partial charge in [0.15, 0.2) is 5.75 Å². The Morgan fingerprint density at radius 1 is 0.903 bits per heavy atom. The molecule has 0 spiro atoms. The average Bonchev–Trinajstić information content (AvgIpc) is 3.05. The zero-order valence-electron chi connectivity index (χ0n) is 16.1. The van der Waals surface area contributed by atoms with Gasteiger partial charge in [0, 0.05) is 0 Å². The van der Waals surface area contributed by atoms with Gasteiger partial charge in [-0.05, 0) is 29.8 Å². The minimum absolute atomic E-state index is 0.00439. The summed E-state index contributed by atoms with van der Waals surface area (Å²) in [4.78, 5) is 11.6. The second-order valence-electron chi connectivity index (χ2n) is 6.73. The van der Waals surface area contributed by atoms with Crippen LogP contribution in [-0.2, 0) is 31.4 Å². The zero-order valence-corrected chi connectivity index (χ0v) is 17.8. The molecule has 0 aliphatic carbocycles. The van der Waals surface area contributed by atoms with E-state index in [0.717, 1.165) is 9.87 Å². The molecule has 1 aliphatic rings. The van der Waals surface area contributed by atoms with Crippen LogP contribution in [0.5, 0.6) is 5.75 Å². The SMILES string of the molecule is O=C1CN(c2cccc(S(=O)(=O)c3ccccc3)c2OCc2ccccc2)S(=O)(=O)N1. The van der Waals surface area contributed by atoms with E-state index < -0.39 is 32.5 Å². The Kier molecular flexibility index (Phi) is 5.42. The van der Waals surface area contributed by atoms with E-state index >= 15 is 0 Å². The molecule has 10 heteroatoms. The lowest BCUT2D eigenvalue weighted by Gasteiger charge is -2.21. The third-order valence-electron chi connectivity index (χ3n) is 4.62. The standard InChI is InChI=1S/C21H18N2O6S2/c24-20-14-23(31(27,28)22-20)18-12-7-13-19(30(25,26)17-10-5-2-6-11-17)21(18)29-15-16-8-3-1-4-9-16/h1-13H,14-15H2,(H,22,24). The van der Waals surface area contributed by atoms with Gasteiger partial charge in [-0.25, -0.2) is 17.4 Å². The number of hydrogen-bond acceptors (Lipinski definition) is 6. The molecule has 1 fully saturated rings. The Balaban J connectivity index is 1.86. The first-order chi connectivity index (χ1) is 14.8. The number of sulfone groups is 1. The van der Waals surface area contributed by atoms with Gasteiger partial charge in [-0.3, -0.25) is 4.79 Å². The average molecular weight is 459 g/mol. The van der Waals surface area contributed by atoms with Crippen molar-refractivity contribution in [2.24, 2.45) is 0 Å². The van der Waals surface area contributed by atoms with Gasteiger partial charge in [-0.1, -0.05) is 54.6 Å². The number of hydrogen-bond donors (Lipinski definition) is 1. The van der Waals surface area contributed by atoms with E-state index in [-0.39, 0.29) is 27.8 Å². The second-order valence-corrected chi connectivity index (χ2v) is 10.2. The van der Waals surface area contributed by atoms with Crippen molar-refractivity contribution in [3.05, 3.63) is 84.4 Å². The Bertz CT molecular complexity index is 1320. The topological polar surface area (TPSA) is 110 Å². The van der Waals surface area contributed by atoms with E-state index in [9.17, 15) is 21.6 Å². The monoisotopic (exact) mass is 458 g/mol. The van der Waals surface area contributed by atoms with E-state index in [4.69, 9.17) is 4.74 Å². The van der Waals surface area contributed by atoms with Gasteiger partial charge in [0.05, 0.1) is 10.6 Å². The van der Waals surface area contributed by atoms with Crippen molar-refractivity contribution in [3.63, 3.8) is 0 Å². The van der Waals surface area contributed by atoms with Gasteiger partial charge >= 0.3 is 10.2 Å². The first-order valence-electron chi connectivity index (χ1n) is 9.22. The molecule has 31 heavy (non-hydrogen) atoms. The van der Waals surface area contributed by atoms with E-state index in [1.807, 2.05) is 10.8 Å². The molecule has 1 amide bonds. The lowest BCUT2D eigenvalue weighted by Crippen LogP contribution is -2.30. The number of para-hydroxylation sites is 1. The van der Waals surface area contributed by atoms with Gasteiger partial charge in [0.1, 0.15) is 18.0 Å². The van der Waals surface area contributed by atoms with Crippen LogP contribution in [0.1, 0.15) is 5.56 Å². The van der Waals surface area contributed by atoms with E-state index in [1.165, 1.54) is 30.3 Å². The second kappa shape index (κ2) is 8.05. The molecule has 1 saturated heterocycles. The highest BCUT2D eigenvalue weighted by molar-refractivity contribution is 7.92. The summed E-state index contributed by atoms with van der Waals surface area (Å²) in [6.07, 6.45) is 0. The highest BCUT2D eigenvalue weighted by Crippen LogP contribution is 2.39. The van der Waals surface area contributed by atoms with Crippen LogP contribution in [0.25, 0.3) is 0 Å². The van der Waals surface area contributed by atoms with Crippen LogP contribution in [0.4, 0.5) is 5.69 Å². The summed E-state index contributed by atoms with van der Waals surface area (Å²) in [5.41, 5.74) is 0.727. The van der Waals surface area contributed by atoms with Crippen LogP contribution in [0.2, 0.25) is 0 Å². The highest BCUT2D eigenvalue weighted by atomic mass is 32.2. The molecule has 4 rings (SSSR count). The maximum atomic E-state index is 13.3. The molecule has 1 heterocycles. The van der Waals surface area contributed by atoms with Crippen LogP contribution in [0.3, 0.4) is 0 Å². The number of ether oxygens (including phenoxy) is 1. The summed E-state index contributed by atoms with van der Waals surface area (Å²) < 4.78 is 60.1. The third kappa shape index (κ3) is 4.12. The van der Waals surface area contributed by atoms with Crippen molar-refractivity contribution < 1.29 is 26.4 Å². The Hall–Kier alpha value is -3.37. The lowest BCUT2D eigenvalue weighted by molar-refractivity contribution is -0.117. The van der Waals surface area contributed by atoms with Gasteiger partial charge in [-0.2, -0.15) is 8.42 Å². The van der Waals surface area contributed by atoms with Gasteiger partial charge in [0.25, 0.3) is 5.91 Å². The minimum atomic E-state index is -4.16. The van der Waals surface area contributed by atoms with Crippen molar-refractivity contribution in [2.75, 3.05) is 10.8 Å². The van der Waals surface area contributed by atoms with Gasteiger partial charge in [-0.15, -0.1) is 0 Å². The fourth-order valence-corrected chi connectivity index (χ4v) is 5.76. The molecule has 1 N–H and O–H groups in total. The lowest BCUT2D eigenvalue weighted by atomic mass is 10.2. The fraction of sp³-hybridized carbons (Fsp3) is 0.0952. The number of carbonyl (C=O) groups is 1. The van der Waals surface area contributed by atoms with E-state index in [1.54, 1.807) is 42.5 Å². The molecule has 3 aromatic carbocycles. The Morgan fingerprint density at radius 3 is 2.16 bits per heavy atom. The van der Waals surface area contributed by atoms with Crippen LogP contribution < -0.4 is 13.8 Å². The molecule has 160 valence electrons. The fourth-order valence-electron chi connectivity index (χ4n) is 3.17. The van der Waals surface area contributed by atoms with Crippen molar-refractivity contribution in [3.8, 4) is 5.75 Å². The maximum absolute atomic E-state index is 13.3. The van der Waals surface area contributed by atoms with Crippen LogP contribution in [0, 0.1) is 0 Å². The summed E-state index contributed by atoms with van der Waals surface area (Å²) in [7, 11) is -8.19. The maximum Gasteiger partial charge on any atom is 0.326 e. The summed E-state index contributed by atoms with van der Waals surface area (Å²) in [5, 5.41) is 0. The summed E-state index contributed by atoms with van der Waals surface area (Å²) in [6, 6.07) is 21.0. The third-order valence-corrected chi connectivity index (χ3v) is 7.80. The molecule has 1 aliphatic heterocycles. The number of benzene rings is 3. The Morgan fingerprint density at radius 2 is 1.55 bits per heavy atom. The number of nitrogens with zero attached hydrogens (tertiary/aromatic N) is 1. The summed E-state index contributed by atoms with van der Waals surface area (Å²) in [6.45, 7) is -0.469. The highest BCUT2D eigenvalue weighted by Gasteiger charge is 2.37. The van der Waals surface area contributed by atoms with Crippen LogP contribution in [-0.4, -0.2) is 29.3 Å². The molecule has 0 bridgehead atoms. The van der Waals surface area contributed by atoms with Crippen molar-refractivity contribution >= 4 is 31.6 Å². The summed E-state index contributed by atoms with van der Waals surface area (Å²) in [5.74, 6) is -0.861. The normalized spacial score (nSPS) is 15.5. The van der Waals surface area contributed by atoms with Gasteiger partial charge < -0.3 is 4.74 Å². The number of nitrogens with one attached hydrogen (secondary N) is 1. The molecular weight excluding hydrogens is 440 g/mol. The van der Waals surface area contributed by atoms with Crippen LogP contribution in [0.15, 0.2) is 88.7 Å². The molecule has 0 radical (unpaired) electrons. The molecule has 3 aromatic rings. The van der Waals surface area contributed by atoms with Gasteiger partial charge in [0.2, 0.25) is 9.84 Å². The minimum Gasteiger partial charge on any atom is -0.485 e. The molecule has 0 unspecified atom stereocenters. The first-order valence-corrected chi connectivity index (χ1v) is 12.1.